The summed E-state index contributed by atoms with van der Waals surface area (Å²) in [6.45, 7) is 4.33. The smallest absolute Gasteiger partial charge is 0.114 e. The van der Waals surface area contributed by atoms with Crippen molar-refractivity contribution >= 4 is 23.1 Å². The van der Waals surface area contributed by atoms with Crippen molar-refractivity contribution in [3.8, 4) is 0 Å². The van der Waals surface area contributed by atoms with Crippen LogP contribution in [-0.4, -0.2) is 22.5 Å². The second-order valence-corrected chi connectivity index (χ2v) is 7.63. The van der Waals surface area contributed by atoms with E-state index < -0.39 is 0 Å². The van der Waals surface area contributed by atoms with Crippen LogP contribution in [0, 0.1) is 13.8 Å². The van der Waals surface area contributed by atoms with E-state index in [0.717, 1.165) is 6.04 Å². The van der Waals surface area contributed by atoms with E-state index in [2.05, 4.69) is 30.9 Å². The monoisotopic (exact) mass is 268 g/mol. The summed E-state index contributed by atoms with van der Waals surface area (Å²) < 4.78 is 0. The molecule has 3 rings (SSSR count). The minimum Gasteiger partial charge on any atom is -0.302 e. The number of rotatable bonds is 3. The Morgan fingerprint density at radius 2 is 2.18 bits per heavy atom. The fourth-order valence-corrected chi connectivity index (χ4v) is 4.83. The van der Waals surface area contributed by atoms with Gasteiger partial charge in [-0.3, -0.25) is 0 Å². The number of thioether (sulfide) groups is 1. The molecule has 1 unspecified atom stereocenters. The van der Waals surface area contributed by atoms with Crippen molar-refractivity contribution in [2.75, 3.05) is 11.5 Å². The highest BCUT2D eigenvalue weighted by molar-refractivity contribution is 7.99. The zero-order valence-corrected chi connectivity index (χ0v) is 12.2. The van der Waals surface area contributed by atoms with Gasteiger partial charge in [0.05, 0.1) is 11.2 Å². The van der Waals surface area contributed by atoms with Gasteiger partial charge in [-0.15, -0.1) is 11.3 Å². The second kappa shape index (κ2) is 4.56. The molecule has 1 atom stereocenters. The van der Waals surface area contributed by atoms with E-state index in [1.54, 1.807) is 0 Å². The average Bonchev–Trinajstić information content (AvgIpc) is 3.06. The molecule has 94 valence electrons. The van der Waals surface area contributed by atoms with Gasteiger partial charge in [-0.25, -0.2) is 4.98 Å². The van der Waals surface area contributed by atoms with Gasteiger partial charge in [0, 0.05) is 16.7 Å². The van der Waals surface area contributed by atoms with E-state index in [4.69, 9.17) is 4.98 Å². The number of hydrogen-bond acceptors (Lipinski definition) is 4. The van der Waals surface area contributed by atoms with Gasteiger partial charge in [-0.2, -0.15) is 11.8 Å². The van der Waals surface area contributed by atoms with Crippen LogP contribution < -0.4 is 5.32 Å². The largest absolute Gasteiger partial charge is 0.302 e. The molecule has 2 fully saturated rings. The van der Waals surface area contributed by atoms with Crippen molar-refractivity contribution < 1.29 is 0 Å². The Bertz CT molecular complexity index is 384. The predicted molar refractivity (Wildman–Crippen MR) is 76.0 cm³/mol. The van der Waals surface area contributed by atoms with Crippen molar-refractivity contribution in [3.05, 3.63) is 15.6 Å². The molecule has 0 amide bonds. The van der Waals surface area contributed by atoms with E-state index in [0.29, 0.717) is 0 Å². The summed E-state index contributed by atoms with van der Waals surface area (Å²) in [6, 6.07) is 0.762. The van der Waals surface area contributed by atoms with E-state index in [1.165, 1.54) is 52.8 Å². The highest BCUT2D eigenvalue weighted by atomic mass is 32.2. The number of aromatic nitrogens is 1. The van der Waals surface area contributed by atoms with Gasteiger partial charge in [0.25, 0.3) is 0 Å². The number of aryl methyl sites for hydroxylation is 2. The molecule has 0 aromatic carbocycles. The number of nitrogens with one attached hydrogen (secondary N) is 1. The Morgan fingerprint density at radius 1 is 1.35 bits per heavy atom. The lowest BCUT2D eigenvalue weighted by atomic mass is 9.96. The molecule has 1 saturated carbocycles. The molecule has 0 radical (unpaired) electrons. The third-order valence-corrected chi connectivity index (χ3v) is 6.29. The molecule has 1 aliphatic heterocycles. The SMILES string of the molecule is Cc1nc(C2(NC3CC3)CCCSC2)sc1C. The molecule has 4 heteroatoms. The van der Waals surface area contributed by atoms with Gasteiger partial charge >= 0.3 is 0 Å². The van der Waals surface area contributed by atoms with Crippen molar-refractivity contribution in [1.29, 1.82) is 0 Å². The molecule has 1 N–H and O–H groups in total. The maximum absolute atomic E-state index is 4.83. The van der Waals surface area contributed by atoms with Crippen LogP contribution in [0.2, 0.25) is 0 Å². The summed E-state index contributed by atoms with van der Waals surface area (Å²) in [5.41, 5.74) is 1.41. The second-order valence-electron chi connectivity index (χ2n) is 5.32. The van der Waals surface area contributed by atoms with Crippen LogP contribution in [0.1, 0.15) is 41.3 Å². The van der Waals surface area contributed by atoms with E-state index in [1.807, 2.05) is 11.3 Å². The standard InChI is InChI=1S/C13H20N2S2/c1-9-10(2)17-12(14-9)13(15-11-4-5-11)6-3-7-16-8-13/h11,15H,3-8H2,1-2H3. The summed E-state index contributed by atoms with van der Waals surface area (Å²) >= 11 is 3.99. The molecule has 0 bridgehead atoms. The molecule has 1 aliphatic carbocycles. The zero-order chi connectivity index (χ0) is 11.9. The van der Waals surface area contributed by atoms with Gasteiger partial charge in [0.15, 0.2) is 0 Å². The first-order valence-electron chi connectivity index (χ1n) is 6.50. The maximum Gasteiger partial charge on any atom is 0.114 e. The van der Waals surface area contributed by atoms with Gasteiger partial charge in [0.1, 0.15) is 5.01 Å². The Kier molecular flexibility index (Phi) is 3.22. The van der Waals surface area contributed by atoms with Crippen molar-refractivity contribution in [1.82, 2.24) is 10.3 Å². The molecule has 17 heavy (non-hydrogen) atoms. The van der Waals surface area contributed by atoms with Gasteiger partial charge in [-0.1, -0.05) is 0 Å². The normalized spacial score (nSPS) is 29.5. The van der Waals surface area contributed by atoms with Crippen LogP contribution in [-0.2, 0) is 5.54 Å². The lowest BCUT2D eigenvalue weighted by Gasteiger charge is -2.36. The lowest BCUT2D eigenvalue weighted by Crippen LogP contribution is -2.47. The average molecular weight is 268 g/mol. The topological polar surface area (TPSA) is 24.9 Å². The van der Waals surface area contributed by atoms with E-state index >= 15 is 0 Å². The summed E-state index contributed by atoms with van der Waals surface area (Å²) in [5.74, 6) is 2.52. The molecule has 2 nitrogen and oxygen atoms in total. The summed E-state index contributed by atoms with van der Waals surface area (Å²) in [6.07, 6.45) is 5.30. The van der Waals surface area contributed by atoms with Gasteiger partial charge in [0.2, 0.25) is 0 Å². The molecular weight excluding hydrogens is 248 g/mol. The summed E-state index contributed by atoms with van der Waals surface area (Å²) in [4.78, 5) is 6.21. The van der Waals surface area contributed by atoms with E-state index in [9.17, 15) is 0 Å². The quantitative estimate of drug-likeness (QED) is 0.911. The minimum atomic E-state index is 0.188. The molecule has 2 heterocycles. The third kappa shape index (κ3) is 2.40. The van der Waals surface area contributed by atoms with Crippen molar-refractivity contribution in [2.24, 2.45) is 0 Å². The van der Waals surface area contributed by atoms with Crippen LogP contribution in [0.15, 0.2) is 0 Å². The van der Waals surface area contributed by atoms with Crippen LogP contribution in [0.25, 0.3) is 0 Å². The number of hydrogen-bond donors (Lipinski definition) is 1. The Labute approximate surface area is 112 Å². The first kappa shape index (κ1) is 12.0. The van der Waals surface area contributed by atoms with E-state index in [-0.39, 0.29) is 5.54 Å². The Morgan fingerprint density at radius 3 is 2.71 bits per heavy atom. The molecule has 0 spiro atoms. The zero-order valence-electron chi connectivity index (χ0n) is 10.6. The maximum atomic E-state index is 4.83. The van der Waals surface area contributed by atoms with Crippen LogP contribution in [0.5, 0.6) is 0 Å². The fraction of sp³-hybridized carbons (Fsp3) is 0.769. The highest BCUT2D eigenvalue weighted by Crippen LogP contribution is 2.40. The lowest BCUT2D eigenvalue weighted by molar-refractivity contribution is 0.332. The third-order valence-electron chi connectivity index (χ3n) is 3.74. The number of nitrogens with zero attached hydrogens (tertiary/aromatic N) is 1. The Balaban J connectivity index is 1.90. The van der Waals surface area contributed by atoms with Crippen LogP contribution in [0.3, 0.4) is 0 Å². The van der Waals surface area contributed by atoms with Crippen molar-refractivity contribution in [3.63, 3.8) is 0 Å². The highest BCUT2D eigenvalue weighted by Gasteiger charge is 2.41. The van der Waals surface area contributed by atoms with Gasteiger partial charge in [-0.05, 0) is 45.3 Å². The summed E-state index contributed by atoms with van der Waals surface area (Å²) in [5, 5.41) is 5.23. The fourth-order valence-electron chi connectivity index (χ4n) is 2.43. The molecule has 1 aromatic heterocycles. The van der Waals surface area contributed by atoms with Crippen LogP contribution in [0.4, 0.5) is 0 Å². The first-order chi connectivity index (χ1) is 8.20. The predicted octanol–water partition coefficient (Wildman–Crippen LogP) is 3.23. The Hall–Kier alpha value is -0.0600. The molecule has 1 saturated heterocycles. The summed E-state index contributed by atoms with van der Waals surface area (Å²) in [7, 11) is 0. The minimum absolute atomic E-state index is 0.188. The van der Waals surface area contributed by atoms with Gasteiger partial charge < -0.3 is 5.32 Å². The molecular formula is C13H20N2S2. The first-order valence-corrected chi connectivity index (χ1v) is 8.47. The molecule has 1 aromatic rings. The van der Waals surface area contributed by atoms with Crippen molar-refractivity contribution in [2.45, 2.75) is 51.1 Å². The van der Waals surface area contributed by atoms with Crippen LogP contribution >= 0.6 is 23.1 Å². The molecule has 2 aliphatic rings. The number of thiazole rings is 1.